The van der Waals surface area contributed by atoms with Crippen LogP contribution in [0.1, 0.15) is 25.7 Å². The van der Waals surface area contributed by atoms with Gasteiger partial charge in [-0.3, -0.25) is 4.79 Å². The summed E-state index contributed by atoms with van der Waals surface area (Å²) in [5.41, 5.74) is 0. The smallest absolute Gasteiger partial charge is 0.236 e. The van der Waals surface area contributed by atoms with E-state index < -0.39 is 6.10 Å². The van der Waals surface area contributed by atoms with Gasteiger partial charge in [0.1, 0.15) is 0 Å². The Morgan fingerprint density at radius 2 is 1.88 bits per heavy atom. The molecule has 94 valence electrons. The molecule has 1 aliphatic rings. The maximum atomic E-state index is 11.7. The summed E-state index contributed by atoms with van der Waals surface area (Å²) >= 11 is 0. The van der Waals surface area contributed by atoms with Crippen LogP contribution in [0.2, 0.25) is 0 Å². The highest BCUT2D eigenvalue weighted by Crippen LogP contribution is 2.09. The topological polar surface area (TPSA) is 72.8 Å². The quantitative estimate of drug-likeness (QED) is 0.586. The summed E-state index contributed by atoms with van der Waals surface area (Å²) < 4.78 is 0. The minimum absolute atomic E-state index is 0.0899. The minimum atomic E-state index is -0.781. The van der Waals surface area contributed by atoms with Gasteiger partial charge in [0, 0.05) is 19.6 Å². The molecule has 0 aromatic carbocycles. The zero-order chi connectivity index (χ0) is 11.8. The number of hydrogen-bond donors (Lipinski definition) is 3. The summed E-state index contributed by atoms with van der Waals surface area (Å²) in [6.07, 6.45) is 3.81. The average molecular weight is 230 g/mol. The first-order valence-electron chi connectivity index (χ1n) is 6.01. The second kappa shape index (κ2) is 7.60. The molecule has 1 rings (SSSR count). The highest BCUT2D eigenvalue weighted by atomic mass is 16.3. The fourth-order valence-electron chi connectivity index (χ4n) is 1.84. The third-order valence-corrected chi connectivity index (χ3v) is 2.83. The molecule has 0 aromatic heterocycles. The van der Waals surface area contributed by atoms with Gasteiger partial charge in [0.05, 0.1) is 19.3 Å². The summed E-state index contributed by atoms with van der Waals surface area (Å²) in [4.78, 5) is 13.6. The first kappa shape index (κ1) is 13.4. The number of aliphatic hydroxyl groups is 2. The van der Waals surface area contributed by atoms with Gasteiger partial charge in [-0.25, -0.2) is 0 Å². The lowest BCUT2D eigenvalue weighted by atomic mass is 10.2. The standard InChI is InChI=1S/C11H22N2O3/c14-9-10(15)7-12-8-11(16)13-5-3-1-2-4-6-13/h10,12,14-15H,1-9H2. The summed E-state index contributed by atoms with van der Waals surface area (Å²) in [6, 6.07) is 0. The van der Waals surface area contributed by atoms with Crippen LogP contribution in [-0.2, 0) is 4.79 Å². The van der Waals surface area contributed by atoms with Crippen molar-refractivity contribution in [1.29, 1.82) is 0 Å². The fourth-order valence-corrected chi connectivity index (χ4v) is 1.84. The first-order valence-corrected chi connectivity index (χ1v) is 6.01. The summed E-state index contributed by atoms with van der Waals surface area (Å²) in [6.45, 7) is 1.93. The lowest BCUT2D eigenvalue weighted by Crippen LogP contribution is -2.41. The highest BCUT2D eigenvalue weighted by molar-refractivity contribution is 5.78. The second-order valence-corrected chi connectivity index (χ2v) is 4.26. The van der Waals surface area contributed by atoms with Crippen LogP contribution < -0.4 is 5.32 Å². The van der Waals surface area contributed by atoms with Gasteiger partial charge in [0.25, 0.3) is 0 Å². The third kappa shape index (κ3) is 4.92. The van der Waals surface area contributed by atoms with Crippen LogP contribution >= 0.6 is 0 Å². The molecule has 5 heteroatoms. The number of nitrogens with one attached hydrogen (secondary N) is 1. The molecule has 0 aromatic rings. The second-order valence-electron chi connectivity index (χ2n) is 4.26. The summed E-state index contributed by atoms with van der Waals surface area (Å²) in [5.74, 6) is 0.0899. The lowest BCUT2D eigenvalue weighted by Gasteiger charge is -2.20. The molecule has 3 N–H and O–H groups in total. The SMILES string of the molecule is O=C(CNCC(O)CO)N1CCCCCC1. The number of likely N-dealkylation sites (tertiary alicyclic amines) is 1. The van der Waals surface area contributed by atoms with Crippen molar-refractivity contribution in [3.63, 3.8) is 0 Å². The normalized spacial score (nSPS) is 19.2. The van der Waals surface area contributed by atoms with Crippen LogP contribution in [0, 0.1) is 0 Å². The lowest BCUT2D eigenvalue weighted by molar-refractivity contribution is -0.130. The Hall–Kier alpha value is -0.650. The first-order chi connectivity index (χ1) is 7.74. The number of amides is 1. The monoisotopic (exact) mass is 230 g/mol. The maximum Gasteiger partial charge on any atom is 0.236 e. The van der Waals surface area contributed by atoms with Crippen LogP contribution in [0.15, 0.2) is 0 Å². The molecule has 0 bridgehead atoms. The molecular formula is C11H22N2O3. The fraction of sp³-hybridized carbons (Fsp3) is 0.909. The largest absolute Gasteiger partial charge is 0.394 e. The Bertz CT molecular complexity index is 203. The molecule has 1 amide bonds. The molecule has 0 radical (unpaired) electrons. The number of carbonyl (C=O) groups is 1. The zero-order valence-corrected chi connectivity index (χ0v) is 9.69. The van der Waals surface area contributed by atoms with Crippen LogP contribution in [0.4, 0.5) is 0 Å². The van der Waals surface area contributed by atoms with Crippen molar-refractivity contribution in [3.05, 3.63) is 0 Å². The van der Waals surface area contributed by atoms with Gasteiger partial charge in [-0.15, -0.1) is 0 Å². The van der Waals surface area contributed by atoms with E-state index >= 15 is 0 Å². The minimum Gasteiger partial charge on any atom is -0.394 e. The van der Waals surface area contributed by atoms with Gasteiger partial charge in [0.15, 0.2) is 0 Å². The molecule has 1 fully saturated rings. The molecule has 0 aliphatic carbocycles. The Morgan fingerprint density at radius 1 is 1.25 bits per heavy atom. The van der Waals surface area contributed by atoms with E-state index in [4.69, 9.17) is 10.2 Å². The number of carbonyl (C=O) groups excluding carboxylic acids is 1. The third-order valence-electron chi connectivity index (χ3n) is 2.83. The number of rotatable bonds is 5. The molecule has 0 saturated carbocycles. The number of nitrogens with zero attached hydrogens (tertiary/aromatic N) is 1. The van der Waals surface area contributed by atoms with Gasteiger partial charge in [-0.2, -0.15) is 0 Å². The van der Waals surface area contributed by atoms with Crippen molar-refractivity contribution in [2.24, 2.45) is 0 Å². The average Bonchev–Trinajstić information content (AvgIpc) is 2.57. The van der Waals surface area contributed by atoms with Crippen LogP contribution in [-0.4, -0.2) is 59.9 Å². The van der Waals surface area contributed by atoms with E-state index in [2.05, 4.69) is 5.32 Å². The van der Waals surface area contributed by atoms with E-state index in [0.717, 1.165) is 25.9 Å². The predicted molar refractivity (Wildman–Crippen MR) is 61.0 cm³/mol. The van der Waals surface area contributed by atoms with Crippen LogP contribution in [0.3, 0.4) is 0 Å². The van der Waals surface area contributed by atoms with E-state index in [-0.39, 0.29) is 25.6 Å². The van der Waals surface area contributed by atoms with Crippen molar-refractivity contribution in [2.45, 2.75) is 31.8 Å². The van der Waals surface area contributed by atoms with E-state index in [1.165, 1.54) is 12.8 Å². The van der Waals surface area contributed by atoms with Crippen molar-refractivity contribution < 1.29 is 15.0 Å². The van der Waals surface area contributed by atoms with Gasteiger partial charge >= 0.3 is 0 Å². The molecular weight excluding hydrogens is 208 g/mol. The van der Waals surface area contributed by atoms with Gasteiger partial charge in [0.2, 0.25) is 5.91 Å². The van der Waals surface area contributed by atoms with E-state index in [1.54, 1.807) is 0 Å². The van der Waals surface area contributed by atoms with E-state index in [9.17, 15) is 4.79 Å². The molecule has 0 spiro atoms. The summed E-state index contributed by atoms with van der Waals surface area (Å²) in [5, 5.41) is 20.5. The van der Waals surface area contributed by atoms with Gasteiger partial charge in [-0.05, 0) is 12.8 Å². The van der Waals surface area contributed by atoms with Crippen LogP contribution in [0.25, 0.3) is 0 Å². The van der Waals surface area contributed by atoms with Gasteiger partial charge < -0.3 is 20.4 Å². The summed E-state index contributed by atoms with van der Waals surface area (Å²) in [7, 11) is 0. The van der Waals surface area contributed by atoms with E-state index in [0.29, 0.717) is 0 Å². The van der Waals surface area contributed by atoms with Gasteiger partial charge in [-0.1, -0.05) is 12.8 Å². The zero-order valence-electron chi connectivity index (χ0n) is 9.69. The highest BCUT2D eigenvalue weighted by Gasteiger charge is 2.15. The Balaban J connectivity index is 2.17. The van der Waals surface area contributed by atoms with Crippen molar-refractivity contribution in [2.75, 3.05) is 32.8 Å². The predicted octanol–water partition coefficient (Wildman–Crippen LogP) is -0.668. The van der Waals surface area contributed by atoms with E-state index in [1.807, 2.05) is 4.90 Å². The molecule has 1 heterocycles. The molecule has 1 atom stereocenters. The Labute approximate surface area is 96.4 Å². The van der Waals surface area contributed by atoms with Crippen molar-refractivity contribution >= 4 is 5.91 Å². The maximum absolute atomic E-state index is 11.7. The number of hydrogen-bond acceptors (Lipinski definition) is 4. The van der Waals surface area contributed by atoms with Crippen LogP contribution in [0.5, 0.6) is 0 Å². The molecule has 16 heavy (non-hydrogen) atoms. The molecule has 1 unspecified atom stereocenters. The molecule has 1 saturated heterocycles. The Kier molecular flexibility index (Phi) is 6.37. The molecule has 1 aliphatic heterocycles. The van der Waals surface area contributed by atoms with Crippen molar-refractivity contribution in [1.82, 2.24) is 10.2 Å². The van der Waals surface area contributed by atoms with Crippen molar-refractivity contribution in [3.8, 4) is 0 Å². The molecule has 5 nitrogen and oxygen atoms in total. The number of aliphatic hydroxyl groups excluding tert-OH is 2. The Morgan fingerprint density at radius 3 is 2.44 bits per heavy atom.